The third kappa shape index (κ3) is 3.97. The third-order valence-electron chi connectivity index (χ3n) is 5.32. The van der Waals surface area contributed by atoms with Gasteiger partial charge in [-0.3, -0.25) is 9.59 Å². The van der Waals surface area contributed by atoms with Crippen molar-refractivity contribution < 1.29 is 14.0 Å². The van der Waals surface area contributed by atoms with Gasteiger partial charge in [-0.1, -0.05) is 36.5 Å². The van der Waals surface area contributed by atoms with Crippen molar-refractivity contribution in [3.05, 3.63) is 76.0 Å². The van der Waals surface area contributed by atoms with Crippen LogP contribution in [0.4, 0.5) is 10.1 Å². The van der Waals surface area contributed by atoms with Gasteiger partial charge in [0.2, 0.25) is 5.91 Å². The number of aromatic nitrogens is 2. The molecule has 162 valence electrons. The summed E-state index contributed by atoms with van der Waals surface area (Å²) in [6.07, 6.45) is 0. The van der Waals surface area contributed by atoms with Gasteiger partial charge in [0.25, 0.3) is 5.91 Å². The highest BCUT2D eigenvalue weighted by Crippen LogP contribution is 2.43. The van der Waals surface area contributed by atoms with E-state index < -0.39 is 17.8 Å². The Morgan fingerprint density at radius 1 is 1.31 bits per heavy atom. The van der Waals surface area contributed by atoms with E-state index >= 15 is 0 Å². The summed E-state index contributed by atoms with van der Waals surface area (Å²) in [6.45, 7) is 4.44. The number of nitriles is 1. The van der Waals surface area contributed by atoms with Crippen molar-refractivity contribution in [3.63, 3.8) is 0 Å². The van der Waals surface area contributed by atoms with Crippen LogP contribution in [-0.4, -0.2) is 32.8 Å². The van der Waals surface area contributed by atoms with E-state index in [0.29, 0.717) is 29.1 Å². The first-order valence-electron chi connectivity index (χ1n) is 10.1. The van der Waals surface area contributed by atoms with Crippen LogP contribution in [0.3, 0.4) is 0 Å². The van der Waals surface area contributed by atoms with Gasteiger partial charge in [-0.15, -0.1) is 5.10 Å². The van der Waals surface area contributed by atoms with Crippen LogP contribution < -0.4 is 5.32 Å². The first-order chi connectivity index (χ1) is 15.4. The van der Waals surface area contributed by atoms with Gasteiger partial charge in [-0.2, -0.15) is 5.26 Å². The number of nitrogens with zero attached hydrogens (tertiary/aromatic N) is 4. The summed E-state index contributed by atoms with van der Waals surface area (Å²) >= 11 is 1.15. The Morgan fingerprint density at radius 2 is 2.09 bits per heavy atom. The summed E-state index contributed by atoms with van der Waals surface area (Å²) in [5.74, 6) is -1.80. The Hall–Kier alpha value is -3.64. The molecule has 0 unspecified atom stereocenters. The third-order valence-corrected chi connectivity index (χ3v) is 5.84. The number of hydrogen-bond acceptors (Lipinski definition) is 6. The van der Waals surface area contributed by atoms with Crippen LogP contribution in [0.1, 0.15) is 53.0 Å². The Bertz CT molecular complexity index is 1210. The van der Waals surface area contributed by atoms with Crippen LogP contribution >= 0.6 is 11.5 Å². The molecule has 32 heavy (non-hydrogen) atoms. The first-order valence-corrected chi connectivity index (χ1v) is 10.9. The molecule has 1 aromatic heterocycles. The Balaban J connectivity index is 1.81. The van der Waals surface area contributed by atoms with Gasteiger partial charge >= 0.3 is 0 Å². The van der Waals surface area contributed by atoms with Gasteiger partial charge in [0, 0.05) is 23.2 Å². The van der Waals surface area contributed by atoms with Crippen LogP contribution in [0.15, 0.2) is 47.8 Å². The Kier molecular flexibility index (Phi) is 5.97. The lowest BCUT2D eigenvalue weighted by Crippen LogP contribution is -2.47. The molecular formula is C23H20FN5O2S. The van der Waals surface area contributed by atoms with Gasteiger partial charge in [0.15, 0.2) is 0 Å². The van der Waals surface area contributed by atoms with Crippen molar-refractivity contribution in [3.8, 4) is 6.07 Å². The number of carbonyl (C=O) groups is 2. The first kappa shape index (κ1) is 21.6. The number of amides is 2. The molecule has 0 radical (unpaired) electrons. The number of rotatable bonds is 5. The molecule has 1 aliphatic rings. The zero-order valence-corrected chi connectivity index (χ0v) is 18.3. The van der Waals surface area contributed by atoms with Crippen molar-refractivity contribution >= 4 is 29.0 Å². The highest BCUT2D eigenvalue weighted by molar-refractivity contribution is 7.03. The second-order valence-electron chi connectivity index (χ2n) is 7.99. The maximum absolute atomic E-state index is 13.7. The van der Waals surface area contributed by atoms with Gasteiger partial charge < -0.3 is 10.2 Å². The quantitative estimate of drug-likeness (QED) is 0.632. The molecule has 0 aliphatic carbocycles. The van der Waals surface area contributed by atoms with E-state index in [9.17, 15) is 14.0 Å². The lowest BCUT2D eigenvalue weighted by molar-refractivity contribution is -0.119. The van der Waals surface area contributed by atoms with Crippen molar-refractivity contribution in [1.82, 2.24) is 14.5 Å². The average Bonchev–Trinajstić information content (AvgIpc) is 3.31. The van der Waals surface area contributed by atoms with Crippen molar-refractivity contribution in [2.24, 2.45) is 5.92 Å². The zero-order chi connectivity index (χ0) is 22.8. The Labute approximate surface area is 188 Å². The monoisotopic (exact) mass is 449 g/mol. The molecular weight excluding hydrogens is 429 g/mol. The molecule has 2 aromatic carbocycles. The molecule has 0 fully saturated rings. The van der Waals surface area contributed by atoms with Gasteiger partial charge in [0.1, 0.15) is 11.9 Å². The second-order valence-corrected chi connectivity index (χ2v) is 8.60. The van der Waals surface area contributed by atoms with Crippen LogP contribution in [0.25, 0.3) is 0 Å². The predicted molar refractivity (Wildman–Crippen MR) is 117 cm³/mol. The summed E-state index contributed by atoms with van der Waals surface area (Å²) in [7, 11) is 0. The number of carbonyl (C=O) groups excluding carboxylic acids is 2. The van der Waals surface area contributed by atoms with Crippen LogP contribution in [0, 0.1) is 23.1 Å². The number of fused-ring (bicyclic) bond motifs is 1. The van der Waals surface area contributed by atoms with Gasteiger partial charge in [0.05, 0.1) is 23.2 Å². The molecule has 2 amide bonds. The van der Waals surface area contributed by atoms with Crippen molar-refractivity contribution in [2.45, 2.75) is 25.8 Å². The minimum Gasteiger partial charge on any atom is -0.329 e. The lowest BCUT2D eigenvalue weighted by atomic mass is 9.80. The van der Waals surface area contributed by atoms with Crippen molar-refractivity contribution in [2.75, 3.05) is 11.9 Å². The molecule has 1 N–H and O–H groups in total. The SMILES string of the molecule is CC(C)CN1C(=O)c2ccccc2[C@H](C(=O)Nc2ccc(F)c(C#N)c2)[C@H]1c1csnn1. The summed E-state index contributed by atoms with van der Waals surface area (Å²) in [6, 6.07) is 12.0. The molecule has 4 rings (SSSR count). The van der Waals surface area contributed by atoms with Crippen LogP contribution in [0.2, 0.25) is 0 Å². The number of hydrogen-bond donors (Lipinski definition) is 1. The smallest absolute Gasteiger partial charge is 0.254 e. The van der Waals surface area contributed by atoms with E-state index in [1.54, 1.807) is 40.6 Å². The molecule has 0 spiro atoms. The standard InChI is InChI=1S/C23H20FN5O2S/c1-13(2)11-29-21(19-12-32-28-27-19)20(16-5-3-4-6-17(16)23(29)31)22(30)26-15-7-8-18(24)14(9-15)10-25/h3-9,12-13,20-21H,11H2,1-2H3,(H,26,30)/t20-,21+/m0/s1. The van der Waals surface area contributed by atoms with E-state index in [0.717, 1.165) is 17.6 Å². The highest BCUT2D eigenvalue weighted by atomic mass is 32.1. The van der Waals surface area contributed by atoms with Crippen molar-refractivity contribution in [1.29, 1.82) is 5.26 Å². The van der Waals surface area contributed by atoms with E-state index in [1.165, 1.54) is 12.1 Å². The van der Waals surface area contributed by atoms with E-state index in [1.807, 2.05) is 13.8 Å². The normalized spacial score (nSPS) is 17.7. The Morgan fingerprint density at radius 3 is 2.78 bits per heavy atom. The highest BCUT2D eigenvalue weighted by Gasteiger charge is 2.45. The van der Waals surface area contributed by atoms with Gasteiger partial charge in [-0.25, -0.2) is 4.39 Å². The topological polar surface area (TPSA) is 99.0 Å². The minimum atomic E-state index is -0.762. The van der Waals surface area contributed by atoms with Gasteiger partial charge in [-0.05, 0) is 47.3 Å². The fraction of sp³-hybridized carbons (Fsp3) is 0.261. The molecule has 0 saturated heterocycles. The number of benzene rings is 2. The molecule has 3 aromatic rings. The molecule has 1 aliphatic heterocycles. The van der Waals surface area contributed by atoms with E-state index in [-0.39, 0.29) is 23.3 Å². The minimum absolute atomic E-state index is 0.162. The molecule has 9 heteroatoms. The summed E-state index contributed by atoms with van der Waals surface area (Å²) in [5, 5.41) is 17.8. The fourth-order valence-corrected chi connectivity index (χ4v) is 4.49. The summed E-state index contributed by atoms with van der Waals surface area (Å²) in [4.78, 5) is 28.6. The average molecular weight is 450 g/mol. The summed E-state index contributed by atoms with van der Waals surface area (Å²) in [5.41, 5.74) is 1.73. The summed E-state index contributed by atoms with van der Waals surface area (Å²) < 4.78 is 17.7. The second kappa shape index (κ2) is 8.85. The fourth-order valence-electron chi connectivity index (χ4n) is 4.01. The largest absolute Gasteiger partial charge is 0.329 e. The molecule has 7 nitrogen and oxygen atoms in total. The zero-order valence-electron chi connectivity index (χ0n) is 17.4. The molecule has 2 heterocycles. The van der Waals surface area contributed by atoms with Crippen LogP contribution in [-0.2, 0) is 4.79 Å². The lowest BCUT2D eigenvalue weighted by Gasteiger charge is -2.41. The maximum Gasteiger partial charge on any atom is 0.254 e. The number of anilines is 1. The molecule has 2 atom stereocenters. The van der Waals surface area contributed by atoms with E-state index in [4.69, 9.17) is 5.26 Å². The van der Waals surface area contributed by atoms with E-state index in [2.05, 4.69) is 14.9 Å². The predicted octanol–water partition coefficient (Wildman–Crippen LogP) is 4.12. The molecule has 0 saturated carbocycles. The number of halogens is 1. The number of nitrogens with one attached hydrogen (secondary N) is 1. The van der Waals surface area contributed by atoms with Crippen LogP contribution in [0.5, 0.6) is 0 Å². The maximum atomic E-state index is 13.7. The molecule has 0 bridgehead atoms.